The van der Waals surface area contributed by atoms with Crippen LogP contribution < -0.4 is 10.2 Å². The summed E-state index contributed by atoms with van der Waals surface area (Å²) in [6.07, 6.45) is 0. The number of nitrogens with zero attached hydrogens (tertiary/aromatic N) is 1. The molecule has 1 aromatic heterocycles. The largest absolute Gasteiger partial charge is 0.369 e. The van der Waals surface area contributed by atoms with Crippen molar-refractivity contribution < 1.29 is 0 Å². The van der Waals surface area contributed by atoms with Gasteiger partial charge in [0.2, 0.25) is 0 Å². The van der Waals surface area contributed by atoms with Gasteiger partial charge in [-0.3, -0.25) is 0 Å². The van der Waals surface area contributed by atoms with E-state index in [0.29, 0.717) is 6.04 Å². The fraction of sp³-hybridized carbons (Fsp3) is 0.333. The molecule has 0 saturated heterocycles. The highest BCUT2D eigenvalue weighted by atomic mass is 79.9. The molecule has 0 amide bonds. The highest BCUT2D eigenvalue weighted by Crippen LogP contribution is 2.29. The van der Waals surface area contributed by atoms with E-state index in [2.05, 4.69) is 75.1 Å². The molecule has 0 spiro atoms. The van der Waals surface area contributed by atoms with Crippen molar-refractivity contribution in [2.24, 2.45) is 0 Å². The van der Waals surface area contributed by atoms with Gasteiger partial charge in [-0.25, -0.2) is 0 Å². The van der Waals surface area contributed by atoms with Gasteiger partial charge in [-0.2, -0.15) is 11.3 Å². The molecule has 19 heavy (non-hydrogen) atoms. The molecule has 2 nitrogen and oxygen atoms in total. The molecule has 2 rings (SSSR count). The summed E-state index contributed by atoms with van der Waals surface area (Å²) in [6.45, 7) is 3.10. The van der Waals surface area contributed by atoms with Crippen LogP contribution in [0.2, 0.25) is 0 Å². The number of rotatable bonds is 5. The molecule has 1 heterocycles. The SMILES string of the molecule is CNC(C)c1ccc(N(C)Cc2ccsc2)c(Br)c1. The molecule has 0 aliphatic heterocycles. The molecule has 1 N–H and O–H groups in total. The molecule has 2 aromatic rings. The van der Waals surface area contributed by atoms with Crippen molar-refractivity contribution in [2.75, 3.05) is 19.0 Å². The Kier molecular flexibility index (Phi) is 5.02. The first-order chi connectivity index (χ1) is 9.11. The summed E-state index contributed by atoms with van der Waals surface area (Å²) in [4.78, 5) is 2.26. The van der Waals surface area contributed by atoms with Gasteiger partial charge in [-0.1, -0.05) is 6.07 Å². The van der Waals surface area contributed by atoms with Crippen LogP contribution in [0.25, 0.3) is 0 Å². The lowest BCUT2D eigenvalue weighted by Crippen LogP contribution is -2.17. The van der Waals surface area contributed by atoms with Crippen LogP contribution in [0, 0.1) is 0 Å². The Morgan fingerprint density at radius 2 is 2.16 bits per heavy atom. The van der Waals surface area contributed by atoms with E-state index in [1.807, 2.05) is 7.05 Å². The van der Waals surface area contributed by atoms with Crippen molar-refractivity contribution in [3.8, 4) is 0 Å². The van der Waals surface area contributed by atoms with E-state index in [9.17, 15) is 0 Å². The first-order valence-corrected chi connectivity index (χ1v) is 8.04. The lowest BCUT2D eigenvalue weighted by atomic mass is 10.1. The van der Waals surface area contributed by atoms with Crippen molar-refractivity contribution in [1.29, 1.82) is 0 Å². The Bertz CT molecular complexity index is 525. The molecule has 0 bridgehead atoms. The molecule has 0 saturated carbocycles. The lowest BCUT2D eigenvalue weighted by Gasteiger charge is -2.21. The highest BCUT2D eigenvalue weighted by Gasteiger charge is 2.10. The number of hydrogen-bond acceptors (Lipinski definition) is 3. The van der Waals surface area contributed by atoms with E-state index in [4.69, 9.17) is 0 Å². The molecular weight excluding hydrogens is 320 g/mol. The summed E-state index contributed by atoms with van der Waals surface area (Å²) in [5, 5.41) is 7.58. The maximum atomic E-state index is 3.68. The predicted octanol–water partition coefficient (Wildman–Crippen LogP) is 4.43. The van der Waals surface area contributed by atoms with Crippen molar-refractivity contribution in [1.82, 2.24) is 5.32 Å². The molecule has 1 atom stereocenters. The smallest absolute Gasteiger partial charge is 0.0511 e. The lowest BCUT2D eigenvalue weighted by molar-refractivity contribution is 0.652. The fourth-order valence-electron chi connectivity index (χ4n) is 2.01. The van der Waals surface area contributed by atoms with Crippen LogP contribution in [0.1, 0.15) is 24.1 Å². The van der Waals surface area contributed by atoms with E-state index in [1.54, 1.807) is 11.3 Å². The van der Waals surface area contributed by atoms with E-state index < -0.39 is 0 Å². The van der Waals surface area contributed by atoms with Crippen molar-refractivity contribution >= 4 is 33.0 Å². The molecule has 0 radical (unpaired) electrons. The van der Waals surface area contributed by atoms with Gasteiger partial charge in [0.25, 0.3) is 0 Å². The fourth-order valence-corrected chi connectivity index (χ4v) is 3.37. The molecule has 0 fully saturated rings. The molecular formula is C15H19BrN2S. The second kappa shape index (κ2) is 6.55. The molecule has 1 aromatic carbocycles. The van der Waals surface area contributed by atoms with E-state index >= 15 is 0 Å². The van der Waals surface area contributed by atoms with Gasteiger partial charge in [0.15, 0.2) is 0 Å². The summed E-state index contributed by atoms with van der Waals surface area (Å²) >= 11 is 5.43. The Morgan fingerprint density at radius 3 is 2.74 bits per heavy atom. The number of nitrogens with one attached hydrogen (secondary N) is 1. The van der Waals surface area contributed by atoms with E-state index in [1.165, 1.54) is 16.8 Å². The van der Waals surface area contributed by atoms with Crippen LogP contribution in [0.3, 0.4) is 0 Å². The van der Waals surface area contributed by atoms with Crippen LogP contribution in [0.5, 0.6) is 0 Å². The Labute approximate surface area is 127 Å². The first kappa shape index (κ1) is 14.6. The Hall–Kier alpha value is -0.840. The number of hydrogen-bond donors (Lipinski definition) is 1. The number of benzene rings is 1. The monoisotopic (exact) mass is 338 g/mol. The van der Waals surface area contributed by atoms with Crippen LogP contribution in [0.4, 0.5) is 5.69 Å². The number of thiophene rings is 1. The summed E-state index contributed by atoms with van der Waals surface area (Å²) < 4.78 is 1.14. The van der Waals surface area contributed by atoms with Gasteiger partial charge in [0, 0.05) is 24.1 Å². The second-order valence-corrected chi connectivity index (χ2v) is 6.34. The second-order valence-electron chi connectivity index (χ2n) is 4.71. The zero-order chi connectivity index (χ0) is 13.8. The maximum absolute atomic E-state index is 3.68. The van der Waals surface area contributed by atoms with Gasteiger partial charge < -0.3 is 10.2 Å². The third-order valence-electron chi connectivity index (χ3n) is 3.32. The topological polar surface area (TPSA) is 15.3 Å². The van der Waals surface area contributed by atoms with Gasteiger partial charge in [0.05, 0.1) is 5.69 Å². The minimum Gasteiger partial charge on any atom is -0.369 e. The van der Waals surface area contributed by atoms with Crippen molar-refractivity contribution in [3.05, 3.63) is 50.6 Å². The van der Waals surface area contributed by atoms with Crippen molar-refractivity contribution in [2.45, 2.75) is 19.5 Å². The standard InChI is InChI=1S/C15H19BrN2S/c1-11(17-2)13-4-5-15(14(16)8-13)18(3)9-12-6-7-19-10-12/h4-8,10-11,17H,9H2,1-3H3. The summed E-state index contributed by atoms with van der Waals surface area (Å²) in [7, 11) is 4.11. The summed E-state index contributed by atoms with van der Waals surface area (Å²) in [5.41, 5.74) is 3.87. The van der Waals surface area contributed by atoms with Crippen LogP contribution >= 0.6 is 27.3 Å². The maximum Gasteiger partial charge on any atom is 0.0511 e. The first-order valence-electron chi connectivity index (χ1n) is 6.30. The van der Waals surface area contributed by atoms with Crippen LogP contribution in [0.15, 0.2) is 39.5 Å². The third kappa shape index (κ3) is 3.59. The zero-order valence-electron chi connectivity index (χ0n) is 11.5. The summed E-state index contributed by atoms with van der Waals surface area (Å²) in [6, 6.07) is 9.10. The Morgan fingerprint density at radius 1 is 1.37 bits per heavy atom. The molecule has 0 aliphatic carbocycles. The van der Waals surface area contributed by atoms with Gasteiger partial charge in [-0.05, 0) is 70.0 Å². The number of anilines is 1. The predicted molar refractivity (Wildman–Crippen MR) is 88.0 cm³/mol. The van der Waals surface area contributed by atoms with Crippen LogP contribution in [-0.2, 0) is 6.54 Å². The van der Waals surface area contributed by atoms with Gasteiger partial charge >= 0.3 is 0 Å². The van der Waals surface area contributed by atoms with Crippen molar-refractivity contribution in [3.63, 3.8) is 0 Å². The minimum atomic E-state index is 0.368. The average Bonchev–Trinajstić information content (AvgIpc) is 2.90. The normalized spacial score (nSPS) is 12.4. The number of halogens is 1. The molecule has 102 valence electrons. The molecule has 1 unspecified atom stereocenters. The van der Waals surface area contributed by atoms with Gasteiger partial charge in [-0.15, -0.1) is 0 Å². The highest BCUT2D eigenvalue weighted by molar-refractivity contribution is 9.10. The zero-order valence-corrected chi connectivity index (χ0v) is 13.9. The minimum absolute atomic E-state index is 0.368. The van der Waals surface area contributed by atoms with Crippen LogP contribution in [-0.4, -0.2) is 14.1 Å². The Balaban J connectivity index is 2.16. The molecule has 4 heteroatoms. The third-order valence-corrected chi connectivity index (χ3v) is 4.68. The van der Waals surface area contributed by atoms with Gasteiger partial charge in [0.1, 0.15) is 0 Å². The molecule has 0 aliphatic rings. The average molecular weight is 339 g/mol. The van der Waals surface area contributed by atoms with E-state index in [-0.39, 0.29) is 0 Å². The quantitative estimate of drug-likeness (QED) is 0.867. The summed E-state index contributed by atoms with van der Waals surface area (Å²) in [5.74, 6) is 0. The van der Waals surface area contributed by atoms with E-state index in [0.717, 1.165) is 11.0 Å².